The first-order chi connectivity index (χ1) is 9.09. The van der Waals surface area contributed by atoms with Crippen molar-refractivity contribution in [1.82, 2.24) is 24.9 Å². The van der Waals surface area contributed by atoms with Crippen molar-refractivity contribution in [2.45, 2.75) is 12.6 Å². The zero-order valence-corrected chi connectivity index (χ0v) is 11.7. The molecule has 0 aliphatic carbocycles. The van der Waals surface area contributed by atoms with Crippen LogP contribution in [0.4, 0.5) is 0 Å². The van der Waals surface area contributed by atoms with Crippen LogP contribution in [0, 0.1) is 0 Å². The van der Waals surface area contributed by atoms with E-state index in [-0.39, 0.29) is 6.04 Å². The molecule has 0 spiro atoms. The number of hydrogen-bond donors (Lipinski definition) is 1. The Labute approximate surface area is 117 Å². The molecule has 2 aromatic rings. The molecule has 2 rings (SSSR count). The summed E-state index contributed by atoms with van der Waals surface area (Å²) in [6, 6.07) is 1.48. The van der Waals surface area contributed by atoms with Crippen molar-refractivity contribution < 1.29 is 0 Å². The molecule has 0 fully saturated rings. The lowest BCUT2D eigenvalue weighted by molar-refractivity contribution is 0.368. The predicted octanol–water partition coefficient (Wildman–Crippen LogP) is 0.936. The number of rotatable bonds is 5. The second-order valence-corrected chi connectivity index (χ2v) is 4.96. The molecule has 0 aliphatic rings. The highest BCUT2D eigenvalue weighted by Crippen LogP contribution is 2.25. The maximum absolute atomic E-state index is 6.24. The maximum atomic E-state index is 6.24. The van der Waals surface area contributed by atoms with Gasteiger partial charge in [-0.15, -0.1) is 0 Å². The van der Waals surface area contributed by atoms with Gasteiger partial charge in [0, 0.05) is 12.7 Å². The van der Waals surface area contributed by atoms with E-state index in [9.17, 15) is 0 Å². The van der Waals surface area contributed by atoms with Crippen LogP contribution in [0.25, 0.3) is 0 Å². The molecule has 0 aliphatic heterocycles. The van der Waals surface area contributed by atoms with E-state index in [4.69, 9.17) is 17.3 Å². The van der Waals surface area contributed by atoms with Gasteiger partial charge in [0.15, 0.2) is 0 Å². The van der Waals surface area contributed by atoms with Gasteiger partial charge in [-0.05, 0) is 25.7 Å². The fourth-order valence-electron chi connectivity index (χ4n) is 1.80. The van der Waals surface area contributed by atoms with Gasteiger partial charge in [0.1, 0.15) is 0 Å². The molecule has 1 atom stereocenters. The summed E-state index contributed by atoms with van der Waals surface area (Å²) in [5.74, 6) is 0. The van der Waals surface area contributed by atoms with Crippen LogP contribution in [0.5, 0.6) is 0 Å². The van der Waals surface area contributed by atoms with Crippen LogP contribution in [0.2, 0.25) is 5.02 Å². The Morgan fingerprint density at radius 3 is 2.79 bits per heavy atom. The van der Waals surface area contributed by atoms with Crippen LogP contribution >= 0.6 is 11.6 Å². The third-order valence-corrected chi connectivity index (χ3v) is 3.14. The third-order valence-electron chi connectivity index (χ3n) is 2.85. The first-order valence-electron chi connectivity index (χ1n) is 5.97. The fourth-order valence-corrected chi connectivity index (χ4v) is 2.06. The highest BCUT2D eigenvalue weighted by atomic mass is 35.5. The van der Waals surface area contributed by atoms with Gasteiger partial charge in [0.25, 0.3) is 0 Å². The molecule has 1 unspecified atom stereocenters. The molecular formula is C12H17ClN6. The van der Waals surface area contributed by atoms with Gasteiger partial charge in [-0.25, -0.2) is 0 Å². The molecule has 102 valence electrons. The first kappa shape index (κ1) is 13.9. The van der Waals surface area contributed by atoms with E-state index in [1.54, 1.807) is 18.6 Å². The summed E-state index contributed by atoms with van der Waals surface area (Å²) in [4.78, 5) is 2.08. The normalized spacial score (nSPS) is 12.9. The zero-order valence-electron chi connectivity index (χ0n) is 11.0. The standard InChI is InChI=1S/C12H17ClN6/c1-18(2)5-6-19-12(10(13)8-17-19)11(14)9-3-4-15-16-7-9/h3-4,7-8,11H,5-6,14H2,1-2H3. The van der Waals surface area contributed by atoms with Crippen LogP contribution in [0.3, 0.4) is 0 Å². The molecular weight excluding hydrogens is 264 g/mol. The number of halogens is 1. The molecule has 19 heavy (non-hydrogen) atoms. The number of likely N-dealkylation sites (N-methyl/N-ethyl adjacent to an activating group) is 1. The highest BCUT2D eigenvalue weighted by Gasteiger charge is 2.18. The summed E-state index contributed by atoms with van der Waals surface area (Å²) in [5, 5.41) is 12.4. The van der Waals surface area contributed by atoms with Gasteiger partial charge in [-0.2, -0.15) is 15.3 Å². The SMILES string of the molecule is CN(C)CCn1ncc(Cl)c1C(N)c1ccnnc1. The van der Waals surface area contributed by atoms with E-state index in [0.717, 1.165) is 24.3 Å². The molecule has 0 amide bonds. The Kier molecular flexibility index (Phi) is 4.47. The monoisotopic (exact) mass is 280 g/mol. The largest absolute Gasteiger partial charge is 0.319 e. The smallest absolute Gasteiger partial charge is 0.0837 e. The Morgan fingerprint density at radius 1 is 1.37 bits per heavy atom. The third kappa shape index (κ3) is 3.28. The predicted molar refractivity (Wildman–Crippen MR) is 73.9 cm³/mol. The van der Waals surface area contributed by atoms with Gasteiger partial charge in [-0.1, -0.05) is 11.6 Å². The van der Waals surface area contributed by atoms with Gasteiger partial charge in [0.05, 0.1) is 35.7 Å². The van der Waals surface area contributed by atoms with Crippen LogP contribution < -0.4 is 5.73 Å². The summed E-state index contributed by atoms with van der Waals surface area (Å²) in [7, 11) is 4.02. The molecule has 2 N–H and O–H groups in total. The summed E-state index contributed by atoms with van der Waals surface area (Å²) >= 11 is 6.19. The molecule has 7 heteroatoms. The summed E-state index contributed by atoms with van der Waals surface area (Å²) < 4.78 is 1.84. The molecule has 0 saturated carbocycles. The summed E-state index contributed by atoms with van der Waals surface area (Å²) in [6.07, 6.45) is 4.88. The molecule has 0 saturated heterocycles. The van der Waals surface area contributed by atoms with E-state index < -0.39 is 0 Å². The van der Waals surface area contributed by atoms with Crippen LogP contribution in [0.1, 0.15) is 17.3 Å². The minimum Gasteiger partial charge on any atom is -0.319 e. The zero-order chi connectivity index (χ0) is 13.8. The molecule has 2 aromatic heterocycles. The second kappa shape index (κ2) is 6.10. The fraction of sp³-hybridized carbons (Fsp3) is 0.417. The quantitative estimate of drug-likeness (QED) is 0.882. The minimum absolute atomic E-state index is 0.354. The molecule has 2 heterocycles. The molecule has 6 nitrogen and oxygen atoms in total. The van der Waals surface area contributed by atoms with Crippen molar-refractivity contribution in [1.29, 1.82) is 0 Å². The molecule has 0 bridgehead atoms. The van der Waals surface area contributed by atoms with Crippen molar-refractivity contribution >= 4 is 11.6 Å². The van der Waals surface area contributed by atoms with Crippen molar-refractivity contribution in [3.8, 4) is 0 Å². The van der Waals surface area contributed by atoms with Crippen molar-refractivity contribution in [2.75, 3.05) is 20.6 Å². The van der Waals surface area contributed by atoms with Gasteiger partial charge >= 0.3 is 0 Å². The van der Waals surface area contributed by atoms with E-state index in [1.165, 1.54) is 0 Å². The van der Waals surface area contributed by atoms with Gasteiger partial charge < -0.3 is 10.6 Å². The van der Waals surface area contributed by atoms with Crippen molar-refractivity contribution in [2.24, 2.45) is 5.73 Å². The lowest BCUT2D eigenvalue weighted by Crippen LogP contribution is -2.23. The topological polar surface area (TPSA) is 72.9 Å². The van der Waals surface area contributed by atoms with E-state index in [0.29, 0.717) is 5.02 Å². The lowest BCUT2D eigenvalue weighted by Gasteiger charge is -2.16. The van der Waals surface area contributed by atoms with Crippen LogP contribution in [0.15, 0.2) is 24.7 Å². The van der Waals surface area contributed by atoms with Gasteiger partial charge in [-0.3, -0.25) is 4.68 Å². The van der Waals surface area contributed by atoms with E-state index >= 15 is 0 Å². The second-order valence-electron chi connectivity index (χ2n) is 4.56. The number of nitrogens with zero attached hydrogens (tertiary/aromatic N) is 5. The Hall–Kier alpha value is -1.50. The van der Waals surface area contributed by atoms with Gasteiger partial charge in [0.2, 0.25) is 0 Å². The highest BCUT2D eigenvalue weighted by molar-refractivity contribution is 6.31. The van der Waals surface area contributed by atoms with E-state index in [1.807, 2.05) is 24.8 Å². The van der Waals surface area contributed by atoms with Crippen molar-refractivity contribution in [3.63, 3.8) is 0 Å². The lowest BCUT2D eigenvalue weighted by atomic mass is 10.1. The average molecular weight is 281 g/mol. The average Bonchev–Trinajstić information content (AvgIpc) is 2.78. The Morgan fingerprint density at radius 2 is 2.16 bits per heavy atom. The van der Waals surface area contributed by atoms with E-state index in [2.05, 4.69) is 20.2 Å². The van der Waals surface area contributed by atoms with Crippen LogP contribution in [-0.4, -0.2) is 45.5 Å². The maximum Gasteiger partial charge on any atom is 0.0837 e. The van der Waals surface area contributed by atoms with Crippen molar-refractivity contribution in [3.05, 3.63) is 40.9 Å². The molecule has 0 aromatic carbocycles. The number of nitrogens with two attached hydrogens (primary N) is 1. The Balaban J connectivity index is 2.26. The number of aromatic nitrogens is 4. The summed E-state index contributed by atoms with van der Waals surface area (Å²) in [6.45, 7) is 1.60. The first-order valence-corrected chi connectivity index (χ1v) is 6.35. The van der Waals surface area contributed by atoms with Crippen LogP contribution in [-0.2, 0) is 6.54 Å². The molecule has 0 radical (unpaired) electrons. The number of hydrogen-bond acceptors (Lipinski definition) is 5. The minimum atomic E-state index is -0.354. The Bertz CT molecular complexity index is 524. The summed E-state index contributed by atoms with van der Waals surface area (Å²) in [5.41, 5.74) is 7.91.